The van der Waals surface area contributed by atoms with E-state index in [2.05, 4.69) is 15.2 Å². The Morgan fingerprint density at radius 3 is 2.70 bits per heavy atom. The fourth-order valence-corrected chi connectivity index (χ4v) is 8.28. The van der Waals surface area contributed by atoms with Gasteiger partial charge in [-0.1, -0.05) is 0 Å². The summed E-state index contributed by atoms with van der Waals surface area (Å²) >= 11 is 0.881. The number of anilines is 2. The molecule has 0 amide bonds. The molecule has 0 saturated carbocycles. The van der Waals surface area contributed by atoms with Crippen LogP contribution in [0.1, 0.15) is 38.2 Å². The Morgan fingerprint density at radius 2 is 2.04 bits per heavy atom. The minimum atomic E-state index is -0.854. The van der Waals surface area contributed by atoms with E-state index >= 15 is 4.39 Å². The average molecular weight is 646 g/mol. The minimum absolute atomic E-state index is 0.00772. The van der Waals surface area contributed by atoms with Crippen LogP contribution in [0.3, 0.4) is 0 Å². The fourth-order valence-electron chi connectivity index (χ4n) is 7.33. The van der Waals surface area contributed by atoms with E-state index in [1.54, 1.807) is 0 Å². The molecule has 3 aliphatic rings. The van der Waals surface area contributed by atoms with Crippen molar-refractivity contribution in [1.82, 2.24) is 24.8 Å². The van der Waals surface area contributed by atoms with Crippen molar-refractivity contribution in [3.05, 3.63) is 39.7 Å². The summed E-state index contributed by atoms with van der Waals surface area (Å²) in [6.07, 6.45) is 2.46. The lowest BCUT2D eigenvalue weighted by Crippen LogP contribution is -2.54. The number of likely N-dealkylation sites (tertiary alicyclic amines) is 1. The molecule has 14 heteroatoms. The van der Waals surface area contributed by atoms with E-state index < -0.39 is 17.2 Å². The number of hydrogen-bond donors (Lipinski definition) is 2. The number of nitrogens with two attached hydrogens (primary N) is 1. The van der Waals surface area contributed by atoms with Gasteiger partial charge < -0.3 is 25.3 Å². The number of rotatable bonds is 7. The molecule has 3 aliphatic heterocycles. The highest BCUT2D eigenvalue weighted by Gasteiger charge is 2.44. The number of pyridine rings is 1. The quantitative estimate of drug-likeness (QED) is 0.302. The van der Waals surface area contributed by atoms with Crippen molar-refractivity contribution in [3.63, 3.8) is 0 Å². The third-order valence-electron chi connectivity index (χ3n) is 9.79. The van der Waals surface area contributed by atoms with Crippen molar-refractivity contribution in [3.8, 4) is 29.4 Å². The summed E-state index contributed by atoms with van der Waals surface area (Å²) in [6, 6.07) is 6.63. The zero-order chi connectivity index (χ0) is 32.3. The minimum Gasteiger partial charge on any atom is -0.459 e. The predicted molar refractivity (Wildman–Crippen MR) is 172 cm³/mol. The van der Waals surface area contributed by atoms with E-state index in [-0.39, 0.29) is 79.3 Å². The average Bonchev–Trinajstić information content (AvgIpc) is 3.75. The molecule has 3 saturated heterocycles. The third kappa shape index (κ3) is 4.75. The lowest BCUT2D eigenvalue weighted by molar-refractivity contribution is 0.112. The molecule has 0 unspecified atom stereocenters. The first-order valence-corrected chi connectivity index (χ1v) is 16.2. The van der Waals surface area contributed by atoms with E-state index in [1.807, 2.05) is 31.0 Å². The molecule has 2 atom stereocenters. The number of nitrogen functional groups attached to an aromatic ring is 1. The number of nitrogens with zero attached hydrogens (tertiary/aromatic N) is 7. The first-order chi connectivity index (χ1) is 22.2. The van der Waals surface area contributed by atoms with Gasteiger partial charge in [-0.25, -0.2) is 8.78 Å². The number of likely N-dealkylation sites (N-methyl/N-ethyl adjacent to an activating group) is 1. The molecule has 7 rings (SSSR count). The maximum atomic E-state index is 17.2. The molecular formula is C32H33F2N9O2S. The molecule has 6 heterocycles. The fraction of sp³-hybridized carbons (Fsp3) is 0.469. The third-order valence-corrected chi connectivity index (χ3v) is 10.8. The first kappa shape index (κ1) is 30.3. The van der Waals surface area contributed by atoms with Gasteiger partial charge in [-0.2, -0.15) is 20.5 Å². The van der Waals surface area contributed by atoms with Crippen LogP contribution in [0.4, 0.5) is 19.6 Å². The van der Waals surface area contributed by atoms with Gasteiger partial charge in [0.15, 0.2) is 5.82 Å². The van der Waals surface area contributed by atoms with Crippen molar-refractivity contribution in [2.24, 2.45) is 5.41 Å². The largest absolute Gasteiger partial charge is 0.459 e. The molecule has 3 N–H and O–H groups in total. The van der Waals surface area contributed by atoms with Crippen LogP contribution in [0.2, 0.25) is 0 Å². The van der Waals surface area contributed by atoms with Gasteiger partial charge in [0.05, 0.1) is 28.4 Å². The van der Waals surface area contributed by atoms with Crippen LogP contribution in [0.15, 0.2) is 16.9 Å². The molecule has 3 fully saturated rings. The Labute approximate surface area is 267 Å². The number of ether oxygens (including phenoxy) is 1. The van der Waals surface area contributed by atoms with E-state index in [4.69, 9.17) is 15.5 Å². The van der Waals surface area contributed by atoms with Crippen LogP contribution in [-0.2, 0) is 6.54 Å². The Morgan fingerprint density at radius 1 is 1.24 bits per heavy atom. The number of aromatic nitrogens is 3. The zero-order valence-corrected chi connectivity index (χ0v) is 26.4. The highest BCUT2D eigenvalue weighted by Crippen LogP contribution is 2.43. The first-order valence-electron chi connectivity index (χ1n) is 15.4. The van der Waals surface area contributed by atoms with Crippen LogP contribution < -0.4 is 26.2 Å². The molecule has 4 aromatic rings. The molecule has 0 bridgehead atoms. The van der Waals surface area contributed by atoms with Gasteiger partial charge in [0, 0.05) is 55.1 Å². The SMILES string of the molecule is C[C@H](Oc1nc(N2CCC3(CNC3)C2)c2c(=O)n(CCC#N)c(-c3ccc(F)c4sc(N)c(C#N)c34)c(F)c2n1)[C@@H]1CCCN1C. The normalized spacial score (nSPS) is 19.9. The van der Waals surface area contributed by atoms with Crippen molar-refractivity contribution in [2.45, 2.75) is 51.3 Å². The summed E-state index contributed by atoms with van der Waals surface area (Å²) in [7, 11) is 2.03. The van der Waals surface area contributed by atoms with Gasteiger partial charge in [0.25, 0.3) is 5.56 Å². The van der Waals surface area contributed by atoms with Crippen LogP contribution in [0.25, 0.3) is 32.2 Å². The highest BCUT2D eigenvalue weighted by molar-refractivity contribution is 7.23. The summed E-state index contributed by atoms with van der Waals surface area (Å²) in [5.74, 6) is -1.19. The van der Waals surface area contributed by atoms with Gasteiger partial charge in [-0.3, -0.25) is 9.69 Å². The summed E-state index contributed by atoms with van der Waals surface area (Å²) in [4.78, 5) is 28.0. The van der Waals surface area contributed by atoms with Gasteiger partial charge in [0.2, 0.25) is 0 Å². The Bertz CT molecular complexity index is 2030. The second-order valence-electron chi connectivity index (χ2n) is 12.6. The highest BCUT2D eigenvalue weighted by atomic mass is 32.1. The van der Waals surface area contributed by atoms with E-state index in [9.17, 15) is 19.7 Å². The summed E-state index contributed by atoms with van der Waals surface area (Å²) in [5.41, 5.74) is 5.22. The number of thiophene rings is 1. The van der Waals surface area contributed by atoms with E-state index in [1.165, 1.54) is 10.6 Å². The standard InChI is InChI=1S/C32H33F2N9O2S/c1-17(21-5-3-10-41(21)2)45-31-39-25-23(29(40-31)42-12-8-32(16-42)14-38-15-32)30(44)43(11-4-9-35)26(24(25)34)18-6-7-20(33)27-22(18)19(13-36)28(37)46-27/h6-7,17,21,38H,3-5,8,10-12,14-16,37H2,1-2H3/t17-,21-/m0/s1. The van der Waals surface area contributed by atoms with E-state index in [0.29, 0.717) is 18.9 Å². The number of hydrogen-bond acceptors (Lipinski definition) is 11. The predicted octanol–water partition coefficient (Wildman–Crippen LogP) is 3.98. The monoisotopic (exact) mass is 645 g/mol. The summed E-state index contributed by atoms with van der Waals surface area (Å²) in [5, 5.41) is 22.9. The molecule has 238 valence electrons. The Balaban J connectivity index is 1.49. The second kappa shape index (κ2) is 11.5. The molecule has 0 aliphatic carbocycles. The molecular weight excluding hydrogens is 612 g/mol. The molecule has 46 heavy (non-hydrogen) atoms. The molecule has 1 aromatic carbocycles. The van der Waals surface area contributed by atoms with Crippen molar-refractivity contribution >= 4 is 43.1 Å². The maximum Gasteiger partial charge on any atom is 0.319 e. The van der Waals surface area contributed by atoms with Crippen molar-refractivity contribution < 1.29 is 13.5 Å². The second-order valence-corrected chi connectivity index (χ2v) is 13.7. The molecule has 0 radical (unpaired) electrons. The van der Waals surface area contributed by atoms with Crippen LogP contribution in [0, 0.1) is 39.7 Å². The van der Waals surface area contributed by atoms with Crippen LogP contribution in [0.5, 0.6) is 6.01 Å². The number of nitriles is 2. The van der Waals surface area contributed by atoms with Gasteiger partial charge in [0.1, 0.15) is 39.7 Å². The Hall–Kier alpha value is -4.37. The lowest BCUT2D eigenvalue weighted by atomic mass is 9.81. The van der Waals surface area contributed by atoms with Crippen molar-refractivity contribution in [1.29, 1.82) is 10.5 Å². The van der Waals surface area contributed by atoms with Crippen LogP contribution >= 0.6 is 11.3 Å². The van der Waals surface area contributed by atoms with E-state index in [0.717, 1.165) is 56.3 Å². The zero-order valence-electron chi connectivity index (χ0n) is 25.6. The number of nitrogens with one attached hydrogen (secondary N) is 1. The summed E-state index contributed by atoms with van der Waals surface area (Å²) < 4.78 is 39.8. The van der Waals surface area contributed by atoms with Crippen molar-refractivity contribution in [2.75, 3.05) is 50.4 Å². The molecule has 3 aromatic heterocycles. The summed E-state index contributed by atoms with van der Waals surface area (Å²) in [6.45, 7) is 5.67. The number of halogens is 2. The van der Waals surface area contributed by atoms with Gasteiger partial charge in [-0.05, 0) is 51.9 Å². The number of fused-ring (bicyclic) bond motifs is 2. The van der Waals surface area contributed by atoms with Crippen LogP contribution in [-0.4, -0.2) is 71.4 Å². The lowest BCUT2D eigenvalue weighted by Gasteiger charge is -2.39. The smallest absolute Gasteiger partial charge is 0.319 e. The van der Waals surface area contributed by atoms with Gasteiger partial charge >= 0.3 is 6.01 Å². The topological polar surface area (TPSA) is 149 Å². The Kier molecular flexibility index (Phi) is 7.54. The maximum absolute atomic E-state index is 17.2. The molecule has 11 nitrogen and oxygen atoms in total. The number of benzene rings is 1. The molecule has 1 spiro atoms. The van der Waals surface area contributed by atoms with Gasteiger partial charge in [-0.15, -0.1) is 11.3 Å².